The molecule has 2 heteroatoms. The summed E-state index contributed by atoms with van der Waals surface area (Å²) >= 11 is 0. The second-order valence-corrected chi connectivity index (χ2v) is 15.0. The van der Waals surface area contributed by atoms with E-state index in [9.17, 15) is 4.79 Å². The number of esters is 1. The summed E-state index contributed by atoms with van der Waals surface area (Å²) < 4.78 is 5.33. The lowest BCUT2D eigenvalue weighted by Crippen LogP contribution is -2.61. The molecule has 3 saturated carbocycles. The van der Waals surface area contributed by atoms with Crippen molar-refractivity contribution in [2.45, 2.75) is 126 Å². The van der Waals surface area contributed by atoms with Gasteiger partial charge in [0.15, 0.2) is 0 Å². The molecule has 0 unspecified atom stereocenters. The average molecular weight is 455 g/mol. The summed E-state index contributed by atoms with van der Waals surface area (Å²) in [6.07, 6.45) is 15.3. The maximum absolute atomic E-state index is 12.9. The Hall–Kier alpha value is -0.790. The van der Waals surface area contributed by atoms with Gasteiger partial charge in [-0.2, -0.15) is 0 Å². The Kier molecular flexibility index (Phi) is 5.17. The van der Waals surface area contributed by atoms with Crippen LogP contribution in [0.3, 0.4) is 0 Å². The topological polar surface area (TPSA) is 26.3 Å². The molecule has 33 heavy (non-hydrogen) atoms. The second-order valence-electron chi connectivity index (χ2n) is 15.0. The fraction of sp³-hybridized carbons (Fsp3) is 0.903. The van der Waals surface area contributed by atoms with Crippen molar-refractivity contribution in [3.8, 4) is 0 Å². The molecule has 0 spiro atoms. The number of ether oxygens (including phenoxy) is 1. The van der Waals surface area contributed by atoms with Crippen molar-refractivity contribution in [1.29, 1.82) is 0 Å². The standard InChI is InChI=1S/C31H50O2/c1-26(2)13-9-14-29(5)21-12-15-31(7)24-20-28(4,25(32)33-8)17-16-27(24,3)18-19-30(31,6)22(21)10-11-23(26)29/h23-24H,9-20H2,1-8H3/t23-,24+,27+,28+,29+,30+,31-/m0/s1. The number of hydrogen-bond donors (Lipinski definition) is 0. The van der Waals surface area contributed by atoms with E-state index in [-0.39, 0.29) is 22.2 Å². The zero-order chi connectivity index (χ0) is 24.1. The molecule has 0 bridgehead atoms. The van der Waals surface area contributed by atoms with Gasteiger partial charge in [0, 0.05) is 0 Å². The average Bonchev–Trinajstić information content (AvgIpc) is 2.75. The minimum Gasteiger partial charge on any atom is -0.469 e. The van der Waals surface area contributed by atoms with E-state index in [4.69, 9.17) is 4.74 Å². The Morgan fingerprint density at radius 3 is 2.18 bits per heavy atom. The van der Waals surface area contributed by atoms with Crippen molar-refractivity contribution < 1.29 is 9.53 Å². The molecule has 0 aromatic carbocycles. The van der Waals surface area contributed by atoms with Gasteiger partial charge in [0.2, 0.25) is 0 Å². The van der Waals surface area contributed by atoms with Gasteiger partial charge in [0.1, 0.15) is 0 Å². The quantitative estimate of drug-likeness (QED) is 0.293. The molecule has 2 nitrogen and oxygen atoms in total. The first-order valence-electron chi connectivity index (χ1n) is 14.1. The maximum Gasteiger partial charge on any atom is 0.311 e. The fourth-order valence-corrected chi connectivity index (χ4v) is 10.8. The van der Waals surface area contributed by atoms with E-state index >= 15 is 0 Å². The summed E-state index contributed by atoms with van der Waals surface area (Å²) in [5, 5.41) is 0. The molecule has 0 heterocycles. The molecule has 7 atom stereocenters. The van der Waals surface area contributed by atoms with E-state index in [1.165, 1.54) is 64.2 Å². The van der Waals surface area contributed by atoms with Gasteiger partial charge < -0.3 is 4.74 Å². The Morgan fingerprint density at radius 1 is 0.788 bits per heavy atom. The van der Waals surface area contributed by atoms with Crippen LogP contribution in [0.1, 0.15) is 126 Å². The van der Waals surface area contributed by atoms with Gasteiger partial charge in [-0.25, -0.2) is 0 Å². The zero-order valence-corrected chi connectivity index (χ0v) is 23.0. The van der Waals surface area contributed by atoms with E-state index in [2.05, 4.69) is 48.5 Å². The van der Waals surface area contributed by atoms with Gasteiger partial charge >= 0.3 is 5.97 Å². The Balaban J connectivity index is 1.58. The Labute approximate surface area is 203 Å². The van der Waals surface area contributed by atoms with Gasteiger partial charge in [-0.15, -0.1) is 0 Å². The summed E-state index contributed by atoms with van der Waals surface area (Å²) in [4.78, 5) is 12.9. The number of fused-ring (bicyclic) bond motifs is 6. The highest BCUT2D eigenvalue weighted by Gasteiger charge is 2.66. The molecule has 5 rings (SSSR count). The molecule has 3 fully saturated rings. The first-order chi connectivity index (χ1) is 15.3. The van der Waals surface area contributed by atoms with Crippen molar-refractivity contribution in [3.63, 3.8) is 0 Å². The van der Waals surface area contributed by atoms with Gasteiger partial charge in [0.25, 0.3) is 0 Å². The first-order valence-corrected chi connectivity index (χ1v) is 14.1. The highest BCUT2D eigenvalue weighted by atomic mass is 16.5. The van der Waals surface area contributed by atoms with E-state index in [1.54, 1.807) is 7.11 Å². The van der Waals surface area contributed by atoms with Crippen molar-refractivity contribution in [3.05, 3.63) is 11.1 Å². The highest BCUT2D eigenvalue weighted by Crippen LogP contribution is 2.75. The molecule has 0 aliphatic heterocycles. The zero-order valence-electron chi connectivity index (χ0n) is 23.0. The monoisotopic (exact) mass is 454 g/mol. The summed E-state index contributed by atoms with van der Waals surface area (Å²) in [5.74, 6) is 1.47. The lowest BCUT2D eigenvalue weighted by atomic mass is 9.35. The number of methoxy groups -OCH3 is 1. The number of allylic oxidation sites excluding steroid dienone is 2. The van der Waals surface area contributed by atoms with Crippen LogP contribution in [0.25, 0.3) is 0 Å². The lowest BCUT2D eigenvalue weighted by Gasteiger charge is -2.69. The summed E-state index contributed by atoms with van der Waals surface area (Å²) in [5.41, 5.74) is 5.27. The number of carbonyl (C=O) groups is 1. The third kappa shape index (κ3) is 3.00. The van der Waals surface area contributed by atoms with Crippen LogP contribution in [0, 0.1) is 44.3 Å². The molecule has 186 valence electrons. The van der Waals surface area contributed by atoms with Gasteiger partial charge in [-0.05, 0) is 116 Å². The summed E-state index contributed by atoms with van der Waals surface area (Å²) in [6, 6.07) is 0. The van der Waals surface area contributed by atoms with E-state index in [0.717, 1.165) is 18.8 Å². The first kappa shape index (κ1) is 23.9. The van der Waals surface area contributed by atoms with Crippen LogP contribution in [0.5, 0.6) is 0 Å². The number of rotatable bonds is 1. The van der Waals surface area contributed by atoms with Crippen LogP contribution >= 0.6 is 0 Å². The van der Waals surface area contributed by atoms with Crippen molar-refractivity contribution in [1.82, 2.24) is 0 Å². The van der Waals surface area contributed by atoms with Crippen LogP contribution in [0.2, 0.25) is 0 Å². The predicted molar refractivity (Wildman–Crippen MR) is 136 cm³/mol. The minimum atomic E-state index is -0.314. The van der Waals surface area contributed by atoms with E-state index in [1.807, 2.05) is 11.1 Å². The Morgan fingerprint density at radius 2 is 1.48 bits per heavy atom. The summed E-state index contributed by atoms with van der Waals surface area (Å²) in [6.45, 7) is 17.8. The molecule has 0 saturated heterocycles. The second kappa shape index (κ2) is 7.13. The molecule has 0 aromatic heterocycles. The largest absolute Gasteiger partial charge is 0.469 e. The molecule has 0 aromatic rings. The minimum absolute atomic E-state index is 0.0218. The SMILES string of the molecule is COC(=O)[C@]1(C)CC[C@]2(C)CC[C@]3(C)C4=C(CC[C@@]3(C)[C@@H]2C1)[C@@]1(C)CCCC(C)(C)[C@@H]1CC4. The number of carbonyl (C=O) groups excluding carboxylic acids is 1. The molecular weight excluding hydrogens is 404 g/mol. The smallest absolute Gasteiger partial charge is 0.311 e. The fourth-order valence-electron chi connectivity index (χ4n) is 10.8. The third-order valence-corrected chi connectivity index (χ3v) is 13.2. The highest BCUT2D eigenvalue weighted by molar-refractivity contribution is 5.76. The normalized spacial score (nSPS) is 51.0. The molecule has 0 amide bonds. The maximum atomic E-state index is 12.9. The van der Waals surface area contributed by atoms with Crippen molar-refractivity contribution >= 4 is 5.97 Å². The van der Waals surface area contributed by atoms with Crippen molar-refractivity contribution in [2.24, 2.45) is 44.3 Å². The summed E-state index contributed by atoms with van der Waals surface area (Å²) in [7, 11) is 1.58. The van der Waals surface area contributed by atoms with E-state index in [0.29, 0.717) is 22.2 Å². The van der Waals surface area contributed by atoms with Crippen molar-refractivity contribution in [2.75, 3.05) is 7.11 Å². The van der Waals surface area contributed by atoms with Gasteiger partial charge in [0.05, 0.1) is 12.5 Å². The number of hydrogen-bond acceptors (Lipinski definition) is 2. The van der Waals surface area contributed by atoms with Crippen LogP contribution in [0.4, 0.5) is 0 Å². The molecular formula is C31H50O2. The molecule has 5 aliphatic carbocycles. The van der Waals surface area contributed by atoms with Crippen LogP contribution in [-0.2, 0) is 9.53 Å². The van der Waals surface area contributed by atoms with Gasteiger partial charge in [-0.3, -0.25) is 4.79 Å². The van der Waals surface area contributed by atoms with Crippen LogP contribution < -0.4 is 0 Å². The van der Waals surface area contributed by atoms with Crippen LogP contribution in [-0.4, -0.2) is 13.1 Å². The molecule has 0 radical (unpaired) electrons. The predicted octanol–water partition coefficient (Wildman–Crippen LogP) is 8.50. The Bertz CT molecular complexity index is 883. The molecule has 5 aliphatic rings. The molecule has 0 N–H and O–H groups in total. The lowest BCUT2D eigenvalue weighted by molar-refractivity contribution is -0.176. The third-order valence-electron chi connectivity index (χ3n) is 13.2. The van der Waals surface area contributed by atoms with Crippen LogP contribution in [0.15, 0.2) is 11.1 Å². The van der Waals surface area contributed by atoms with Gasteiger partial charge in [-0.1, -0.05) is 59.1 Å². The van der Waals surface area contributed by atoms with E-state index < -0.39 is 0 Å².